The van der Waals surface area contributed by atoms with Gasteiger partial charge in [0.15, 0.2) is 0 Å². The van der Waals surface area contributed by atoms with E-state index in [4.69, 9.17) is 0 Å². The zero-order valence-corrected chi connectivity index (χ0v) is 16.4. The van der Waals surface area contributed by atoms with Gasteiger partial charge in [-0.2, -0.15) is 0 Å². The Bertz CT molecular complexity index is 844. The van der Waals surface area contributed by atoms with Crippen LogP contribution >= 0.6 is 0 Å². The summed E-state index contributed by atoms with van der Waals surface area (Å²) >= 11 is 0. The van der Waals surface area contributed by atoms with Crippen molar-refractivity contribution in [3.05, 3.63) is 65.5 Å². The first-order valence-corrected chi connectivity index (χ1v) is 10.8. The van der Waals surface area contributed by atoms with E-state index in [0.717, 1.165) is 58.3 Å². The van der Waals surface area contributed by atoms with Crippen molar-refractivity contribution in [1.82, 2.24) is 15.2 Å². The van der Waals surface area contributed by atoms with Crippen LogP contribution in [0.3, 0.4) is 0 Å². The van der Waals surface area contributed by atoms with Crippen molar-refractivity contribution in [3.63, 3.8) is 0 Å². The van der Waals surface area contributed by atoms with Gasteiger partial charge in [0.25, 0.3) is 0 Å². The molecule has 2 aliphatic heterocycles. The number of hydrogen-bond donors (Lipinski definition) is 1. The van der Waals surface area contributed by atoms with Crippen LogP contribution in [0.25, 0.3) is 0 Å². The van der Waals surface area contributed by atoms with Gasteiger partial charge in [-0.15, -0.1) is 0 Å². The lowest BCUT2D eigenvalue weighted by molar-refractivity contribution is -0.138. The summed E-state index contributed by atoms with van der Waals surface area (Å²) in [5.74, 6) is 0.984. The molecule has 2 fully saturated rings. The molecule has 2 atom stereocenters. The Morgan fingerprint density at radius 3 is 2.75 bits per heavy atom. The van der Waals surface area contributed by atoms with E-state index in [2.05, 4.69) is 51.6 Å². The normalized spacial score (nSPS) is 27.7. The van der Waals surface area contributed by atoms with Crippen molar-refractivity contribution in [3.8, 4) is 0 Å². The van der Waals surface area contributed by atoms with Gasteiger partial charge < -0.3 is 10.2 Å². The minimum absolute atomic E-state index is 0.0454. The lowest BCUT2D eigenvalue weighted by Crippen LogP contribution is -2.49. The molecule has 3 heterocycles. The molecule has 0 unspecified atom stereocenters. The van der Waals surface area contributed by atoms with E-state index in [0.29, 0.717) is 11.8 Å². The maximum absolute atomic E-state index is 13.6. The molecule has 0 saturated carbocycles. The second kappa shape index (κ2) is 7.32. The summed E-state index contributed by atoms with van der Waals surface area (Å²) in [5, 5.41) is 3.55. The van der Waals surface area contributed by atoms with Crippen LogP contribution in [-0.4, -0.2) is 42.0 Å². The Labute approximate surface area is 167 Å². The molecule has 28 heavy (non-hydrogen) atoms. The van der Waals surface area contributed by atoms with Crippen LogP contribution in [0.15, 0.2) is 48.7 Å². The highest BCUT2D eigenvalue weighted by atomic mass is 16.2. The predicted octanol–water partition coefficient (Wildman–Crippen LogP) is 3.28. The average Bonchev–Trinajstić information content (AvgIpc) is 3.18. The number of hydrogen-bond acceptors (Lipinski definition) is 3. The van der Waals surface area contributed by atoms with Gasteiger partial charge >= 0.3 is 0 Å². The van der Waals surface area contributed by atoms with E-state index in [9.17, 15) is 4.79 Å². The van der Waals surface area contributed by atoms with Crippen LogP contribution in [0.1, 0.15) is 48.4 Å². The van der Waals surface area contributed by atoms with E-state index < -0.39 is 0 Å². The van der Waals surface area contributed by atoms with E-state index in [1.807, 2.05) is 12.3 Å². The summed E-state index contributed by atoms with van der Waals surface area (Å²) < 4.78 is 0. The van der Waals surface area contributed by atoms with Gasteiger partial charge in [0, 0.05) is 43.5 Å². The van der Waals surface area contributed by atoms with Crippen molar-refractivity contribution in [1.29, 1.82) is 0 Å². The second-order valence-corrected chi connectivity index (χ2v) is 8.70. The Balaban J connectivity index is 1.34. The number of piperidine rings is 1. The second-order valence-electron chi connectivity index (χ2n) is 8.70. The SMILES string of the molecule is O=C([C@@H]1CNC[C@]12CCCc1ncccc12)N1CCC(c2ccccc2)CC1. The number of rotatable bonds is 2. The lowest BCUT2D eigenvalue weighted by Gasteiger charge is -2.42. The molecule has 1 N–H and O–H groups in total. The number of aromatic nitrogens is 1. The van der Waals surface area contributed by atoms with Gasteiger partial charge in [0.2, 0.25) is 5.91 Å². The molecule has 1 aromatic heterocycles. The number of nitrogens with one attached hydrogen (secondary N) is 1. The third kappa shape index (κ3) is 2.95. The van der Waals surface area contributed by atoms with E-state index in [1.165, 1.54) is 16.8 Å². The maximum atomic E-state index is 13.6. The molecule has 2 aromatic rings. The highest BCUT2D eigenvalue weighted by Crippen LogP contribution is 2.45. The molecule has 1 aliphatic carbocycles. The molecule has 4 nitrogen and oxygen atoms in total. The molecule has 3 aliphatic rings. The van der Waals surface area contributed by atoms with Crippen molar-refractivity contribution < 1.29 is 4.79 Å². The first-order chi connectivity index (χ1) is 13.8. The van der Waals surface area contributed by atoms with Crippen LogP contribution < -0.4 is 5.32 Å². The first kappa shape index (κ1) is 17.9. The average molecular weight is 376 g/mol. The Morgan fingerprint density at radius 2 is 1.93 bits per heavy atom. The van der Waals surface area contributed by atoms with Crippen LogP contribution in [0, 0.1) is 5.92 Å². The Hall–Kier alpha value is -2.20. The molecule has 1 aromatic carbocycles. The maximum Gasteiger partial charge on any atom is 0.227 e. The van der Waals surface area contributed by atoms with Crippen LogP contribution in [-0.2, 0) is 16.6 Å². The summed E-state index contributed by atoms with van der Waals surface area (Å²) in [6, 6.07) is 15.0. The molecule has 2 saturated heterocycles. The molecule has 146 valence electrons. The number of amides is 1. The van der Waals surface area contributed by atoms with Gasteiger partial charge in [-0.05, 0) is 55.2 Å². The Morgan fingerprint density at radius 1 is 1.11 bits per heavy atom. The minimum Gasteiger partial charge on any atom is -0.342 e. The molecular weight excluding hydrogens is 346 g/mol. The standard InChI is InChI=1S/C24H29N3O/c28-23(27-14-10-19(11-15-27)18-6-2-1-3-7-18)21-16-25-17-24(21)12-4-9-22-20(24)8-5-13-26-22/h1-3,5-8,13,19,21,25H,4,9-12,14-17H2/t21-,24-/m0/s1. The quantitative estimate of drug-likeness (QED) is 0.876. The molecule has 0 bridgehead atoms. The fourth-order valence-electron chi connectivity index (χ4n) is 5.80. The smallest absolute Gasteiger partial charge is 0.227 e. The largest absolute Gasteiger partial charge is 0.342 e. The number of likely N-dealkylation sites (tertiary alicyclic amines) is 1. The van der Waals surface area contributed by atoms with Gasteiger partial charge in [-0.25, -0.2) is 0 Å². The van der Waals surface area contributed by atoms with E-state index >= 15 is 0 Å². The number of fused-ring (bicyclic) bond motifs is 2. The fraction of sp³-hybridized carbons (Fsp3) is 0.500. The predicted molar refractivity (Wildman–Crippen MR) is 110 cm³/mol. The molecule has 4 heteroatoms. The number of carbonyl (C=O) groups excluding carboxylic acids is 1. The lowest BCUT2D eigenvalue weighted by atomic mass is 9.65. The highest BCUT2D eigenvalue weighted by Gasteiger charge is 2.51. The summed E-state index contributed by atoms with van der Waals surface area (Å²) in [6.45, 7) is 3.46. The Kier molecular flexibility index (Phi) is 4.67. The van der Waals surface area contributed by atoms with Crippen LogP contribution in [0.5, 0.6) is 0 Å². The topological polar surface area (TPSA) is 45.2 Å². The highest BCUT2D eigenvalue weighted by molar-refractivity contribution is 5.82. The number of aryl methyl sites for hydroxylation is 1. The number of nitrogens with zero attached hydrogens (tertiary/aromatic N) is 2. The van der Waals surface area contributed by atoms with Crippen LogP contribution in [0.4, 0.5) is 0 Å². The zero-order chi connectivity index (χ0) is 19.0. The fourth-order valence-corrected chi connectivity index (χ4v) is 5.80. The number of pyridine rings is 1. The van der Waals surface area contributed by atoms with Crippen molar-refractivity contribution in [2.24, 2.45) is 5.92 Å². The van der Waals surface area contributed by atoms with Gasteiger partial charge in [-0.3, -0.25) is 9.78 Å². The van der Waals surface area contributed by atoms with Gasteiger partial charge in [0.05, 0.1) is 5.92 Å². The van der Waals surface area contributed by atoms with E-state index in [1.54, 1.807) is 0 Å². The van der Waals surface area contributed by atoms with Gasteiger partial charge in [-0.1, -0.05) is 36.4 Å². The summed E-state index contributed by atoms with van der Waals surface area (Å²) in [4.78, 5) is 20.4. The number of carbonyl (C=O) groups is 1. The third-order valence-electron chi connectivity index (χ3n) is 7.29. The third-order valence-corrected chi connectivity index (χ3v) is 7.29. The summed E-state index contributed by atoms with van der Waals surface area (Å²) in [6.07, 6.45) is 7.30. The zero-order valence-electron chi connectivity index (χ0n) is 16.4. The molecule has 0 radical (unpaired) electrons. The minimum atomic E-state index is -0.0603. The van der Waals surface area contributed by atoms with Gasteiger partial charge in [0.1, 0.15) is 0 Å². The van der Waals surface area contributed by atoms with E-state index in [-0.39, 0.29) is 11.3 Å². The number of benzene rings is 1. The summed E-state index contributed by atoms with van der Waals surface area (Å²) in [7, 11) is 0. The molecule has 1 spiro atoms. The monoisotopic (exact) mass is 375 g/mol. The van der Waals surface area contributed by atoms with Crippen molar-refractivity contribution in [2.45, 2.75) is 43.4 Å². The molecular formula is C24H29N3O. The first-order valence-electron chi connectivity index (χ1n) is 10.8. The summed E-state index contributed by atoms with van der Waals surface area (Å²) in [5.41, 5.74) is 3.89. The van der Waals surface area contributed by atoms with Crippen LogP contribution in [0.2, 0.25) is 0 Å². The van der Waals surface area contributed by atoms with Crippen molar-refractivity contribution in [2.75, 3.05) is 26.2 Å². The van der Waals surface area contributed by atoms with Crippen molar-refractivity contribution >= 4 is 5.91 Å². The molecule has 5 rings (SSSR count). The molecule has 1 amide bonds.